The average Bonchev–Trinajstić information content (AvgIpc) is 3.80. The molecule has 8 nitrogen and oxygen atoms in total. The third-order valence-electron chi connectivity index (χ3n) is 9.72. The van der Waals surface area contributed by atoms with E-state index in [2.05, 4.69) is 39.7 Å². The number of H-pyrrole nitrogens is 1. The number of aromatic amines is 1. The number of halogens is 1. The molecule has 232 valence electrons. The van der Waals surface area contributed by atoms with Crippen molar-refractivity contribution in [2.75, 3.05) is 26.7 Å². The Morgan fingerprint density at radius 1 is 1.09 bits per heavy atom. The van der Waals surface area contributed by atoms with Crippen molar-refractivity contribution in [3.63, 3.8) is 0 Å². The fourth-order valence-electron chi connectivity index (χ4n) is 7.22. The number of nitriles is 1. The highest BCUT2D eigenvalue weighted by atomic mass is 35.5. The third-order valence-corrected chi connectivity index (χ3v) is 9.95. The minimum atomic E-state index is -0.410. The number of hydrogen-bond donors (Lipinski definition) is 1. The van der Waals surface area contributed by atoms with E-state index in [-0.39, 0.29) is 29.8 Å². The number of amides is 2. The van der Waals surface area contributed by atoms with Crippen molar-refractivity contribution < 1.29 is 9.59 Å². The molecular formula is C35H43ClN6O2. The highest BCUT2D eigenvalue weighted by Crippen LogP contribution is 2.35. The minimum Gasteiger partial charge on any atom is -0.348 e. The number of imidazole rings is 1. The highest BCUT2D eigenvalue weighted by Gasteiger charge is 2.45. The van der Waals surface area contributed by atoms with E-state index in [1.165, 1.54) is 0 Å². The van der Waals surface area contributed by atoms with E-state index >= 15 is 0 Å². The van der Waals surface area contributed by atoms with Gasteiger partial charge >= 0.3 is 0 Å². The fourth-order valence-corrected chi connectivity index (χ4v) is 7.44. The maximum Gasteiger partial charge on any atom is 0.240 e. The van der Waals surface area contributed by atoms with Crippen LogP contribution in [0.1, 0.15) is 67.8 Å². The number of nitrogens with one attached hydrogen (secondary N) is 1. The topological polar surface area (TPSA) is 96.3 Å². The summed E-state index contributed by atoms with van der Waals surface area (Å²) in [5.74, 6) is 0.467. The third kappa shape index (κ3) is 7.00. The molecule has 2 saturated heterocycles. The van der Waals surface area contributed by atoms with Gasteiger partial charge in [0.05, 0.1) is 29.9 Å². The van der Waals surface area contributed by atoms with Crippen LogP contribution in [0.15, 0.2) is 61.1 Å². The second-order valence-electron chi connectivity index (χ2n) is 12.3. The molecule has 2 fully saturated rings. The molecule has 2 aliphatic rings. The predicted octanol–water partition coefficient (Wildman–Crippen LogP) is 5.65. The van der Waals surface area contributed by atoms with Crippen LogP contribution >= 0.6 is 11.6 Å². The van der Waals surface area contributed by atoms with Crippen molar-refractivity contribution in [3.8, 4) is 6.07 Å². The smallest absolute Gasteiger partial charge is 0.240 e. The largest absolute Gasteiger partial charge is 0.348 e. The predicted molar refractivity (Wildman–Crippen MR) is 172 cm³/mol. The molecule has 0 saturated carbocycles. The Morgan fingerprint density at radius 3 is 2.50 bits per heavy atom. The lowest BCUT2D eigenvalue weighted by molar-refractivity contribution is -0.137. The molecule has 0 radical (unpaired) electrons. The summed E-state index contributed by atoms with van der Waals surface area (Å²) in [6, 6.07) is 17.1. The first-order chi connectivity index (χ1) is 21.3. The molecule has 3 heterocycles. The highest BCUT2D eigenvalue weighted by molar-refractivity contribution is 6.30. The minimum absolute atomic E-state index is 0.0306. The van der Waals surface area contributed by atoms with Gasteiger partial charge in [-0.3, -0.25) is 14.5 Å². The summed E-state index contributed by atoms with van der Waals surface area (Å²) in [6.45, 7) is 7.13. The van der Waals surface area contributed by atoms with Crippen LogP contribution in [0, 0.1) is 23.2 Å². The average molecular weight is 615 g/mol. The second kappa shape index (κ2) is 14.4. The van der Waals surface area contributed by atoms with Crippen molar-refractivity contribution >= 4 is 23.4 Å². The van der Waals surface area contributed by atoms with Gasteiger partial charge in [-0.05, 0) is 73.0 Å². The first kappa shape index (κ1) is 31.7. The Balaban J connectivity index is 1.36. The molecule has 3 unspecified atom stereocenters. The molecule has 2 aromatic carbocycles. The maximum atomic E-state index is 14.4. The summed E-state index contributed by atoms with van der Waals surface area (Å²) in [5, 5.41) is 9.89. The molecule has 9 heteroatoms. The van der Waals surface area contributed by atoms with Crippen LogP contribution in [-0.2, 0) is 22.6 Å². The molecule has 2 aliphatic heterocycles. The standard InChI is InChI=1S/C35H43ClN6O2/c1-4-27-14-16-42(34(43)30(31-20-38-23-39-31)18-24-9-11-25(19-37)12-10-24)32(27)22-41-15-13-28(5-2)33(41)35(44)40(3)21-26-7-6-8-29(36)17-26/h6-12,17,20,23,27-28,30,32-33H,4-5,13-16,18,21-22H2,1-3H3,(H,38,39)/t27?,28-,30?,32?,33-/m0/s1. The van der Waals surface area contributed by atoms with E-state index in [4.69, 9.17) is 11.6 Å². The Kier molecular flexibility index (Phi) is 10.4. The van der Waals surface area contributed by atoms with Crippen LogP contribution in [0.2, 0.25) is 5.02 Å². The summed E-state index contributed by atoms with van der Waals surface area (Å²) >= 11 is 6.22. The van der Waals surface area contributed by atoms with Crippen molar-refractivity contribution in [1.29, 1.82) is 5.26 Å². The zero-order valence-electron chi connectivity index (χ0n) is 26.0. The molecule has 5 atom stereocenters. The zero-order valence-corrected chi connectivity index (χ0v) is 26.7. The number of carbonyl (C=O) groups excluding carboxylic acids is 2. The molecule has 1 aromatic heterocycles. The van der Waals surface area contributed by atoms with Crippen molar-refractivity contribution in [3.05, 3.63) is 88.5 Å². The van der Waals surface area contributed by atoms with Crippen LogP contribution in [-0.4, -0.2) is 75.2 Å². The van der Waals surface area contributed by atoms with Gasteiger partial charge in [0.2, 0.25) is 11.8 Å². The molecule has 2 amide bonds. The number of likely N-dealkylation sites (tertiary alicyclic amines) is 2. The van der Waals surface area contributed by atoms with E-state index in [0.717, 1.165) is 49.0 Å². The van der Waals surface area contributed by atoms with Gasteiger partial charge in [0.1, 0.15) is 0 Å². The summed E-state index contributed by atoms with van der Waals surface area (Å²) < 4.78 is 0. The lowest BCUT2D eigenvalue weighted by Crippen LogP contribution is -2.52. The van der Waals surface area contributed by atoms with E-state index in [1.807, 2.05) is 48.3 Å². The molecule has 1 N–H and O–H groups in total. The number of benzene rings is 2. The summed E-state index contributed by atoms with van der Waals surface area (Å²) in [4.78, 5) is 42.1. The fraction of sp³-hybridized carbons (Fsp3) is 0.486. The van der Waals surface area contributed by atoms with Gasteiger partial charge in [0.25, 0.3) is 0 Å². The molecule has 0 spiro atoms. The van der Waals surface area contributed by atoms with E-state index in [0.29, 0.717) is 42.6 Å². The van der Waals surface area contributed by atoms with E-state index in [9.17, 15) is 14.9 Å². The quantitative estimate of drug-likeness (QED) is 0.301. The van der Waals surface area contributed by atoms with Crippen molar-refractivity contribution in [2.45, 2.75) is 70.5 Å². The number of carbonyl (C=O) groups is 2. The van der Waals surface area contributed by atoms with E-state index in [1.54, 1.807) is 24.7 Å². The monoisotopic (exact) mass is 614 g/mol. The van der Waals surface area contributed by atoms with Crippen LogP contribution in [0.4, 0.5) is 0 Å². The first-order valence-corrected chi connectivity index (χ1v) is 16.2. The van der Waals surface area contributed by atoms with Crippen LogP contribution < -0.4 is 0 Å². The van der Waals surface area contributed by atoms with Crippen molar-refractivity contribution in [2.24, 2.45) is 11.8 Å². The Bertz CT molecular complexity index is 1450. The van der Waals surface area contributed by atoms with Crippen LogP contribution in [0.25, 0.3) is 0 Å². The lowest BCUT2D eigenvalue weighted by Gasteiger charge is -2.37. The van der Waals surface area contributed by atoms with Crippen molar-refractivity contribution in [1.82, 2.24) is 24.7 Å². The molecule has 0 bridgehead atoms. The number of nitrogens with zero attached hydrogens (tertiary/aromatic N) is 5. The molecule has 44 heavy (non-hydrogen) atoms. The van der Waals surface area contributed by atoms with Gasteiger partial charge in [-0.2, -0.15) is 5.26 Å². The maximum absolute atomic E-state index is 14.4. The number of likely N-dealkylation sites (N-methyl/N-ethyl adjacent to an activating group) is 1. The first-order valence-electron chi connectivity index (χ1n) is 15.8. The van der Waals surface area contributed by atoms with Gasteiger partial charge in [0.15, 0.2) is 0 Å². The Labute approximate surface area is 266 Å². The summed E-state index contributed by atoms with van der Waals surface area (Å²) in [6.07, 6.45) is 7.74. The summed E-state index contributed by atoms with van der Waals surface area (Å²) in [5.41, 5.74) is 3.40. The van der Waals surface area contributed by atoms with Gasteiger partial charge in [-0.15, -0.1) is 0 Å². The van der Waals surface area contributed by atoms with E-state index < -0.39 is 5.92 Å². The number of hydrogen-bond acceptors (Lipinski definition) is 5. The molecule has 5 rings (SSSR count). The van der Waals surface area contributed by atoms with Gasteiger partial charge < -0.3 is 14.8 Å². The van der Waals surface area contributed by atoms with Crippen LogP contribution in [0.3, 0.4) is 0 Å². The van der Waals surface area contributed by atoms with Gasteiger partial charge in [-0.25, -0.2) is 4.98 Å². The van der Waals surface area contributed by atoms with Gasteiger partial charge in [0, 0.05) is 49.6 Å². The molecule has 0 aliphatic carbocycles. The zero-order chi connectivity index (χ0) is 31.2. The molecular weight excluding hydrogens is 572 g/mol. The number of rotatable bonds is 11. The Hall–Kier alpha value is -3.67. The second-order valence-corrected chi connectivity index (χ2v) is 12.8. The number of aromatic nitrogens is 2. The Morgan fingerprint density at radius 2 is 1.84 bits per heavy atom. The molecule has 3 aromatic rings. The SMILES string of the molecule is CCC1CCN(C(=O)C(Cc2ccc(C#N)cc2)c2cnc[nH]2)C1CN1CC[C@H](CC)[C@H]1C(=O)N(C)Cc1cccc(Cl)c1. The normalized spacial score (nSPS) is 22.6. The van der Waals surface area contributed by atoms with Gasteiger partial charge in [-0.1, -0.05) is 62.6 Å². The van der Waals surface area contributed by atoms with Crippen LogP contribution in [0.5, 0.6) is 0 Å². The summed E-state index contributed by atoms with van der Waals surface area (Å²) in [7, 11) is 1.88. The lowest BCUT2D eigenvalue weighted by atomic mass is 9.92.